The van der Waals surface area contributed by atoms with Crippen molar-refractivity contribution in [1.29, 1.82) is 0 Å². The number of nitrogens with one attached hydrogen (secondary N) is 1. The van der Waals surface area contributed by atoms with Gasteiger partial charge in [-0.2, -0.15) is 0 Å². The van der Waals surface area contributed by atoms with Gasteiger partial charge in [0.15, 0.2) is 0 Å². The Kier molecular flexibility index (Phi) is 5.33. The lowest BCUT2D eigenvalue weighted by Crippen LogP contribution is -2.61. The van der Waals surface area contributed by atoms with E-state index in [0.29, 0.717) is 12.8 Å². The third-order valence-corrected chi connectivity index (χ3v) is 5.12. The summed E-state index contributed by atoms with van der Waals surface area (Å²) < 4.78 is 5.35. The Balaban J connectivity index is 2.51. The molecule has 24 heavy (non-hydrogen) atoms. The minimum atomic E-state index is -0.745. The molecule has 1 fully saturated rings. The minimum absolute atomic E-state index is 0.198. The quantitative estimate of drug-likeness (QED) is 0.813. The molecule has 1 aliphatic heterocycles. The normalized spacial score (nSPS) is 23.2. The maximum Gasteiger partial charge on any atom is 0.237 e. The molecule has 2 amide bonds. The summed E-state index contributed by atoms with van der Waals surface area (Å²) in [7, 11) is 5.66. The molecule has 0 spiro atoms. The second kappa shape index (κ2) is 6.93. The molecule has 0 radical (unpaired) electrons. The molecule has 5 nitrogen and oxygen atoms in total. The zero-order chi connectivity index (χ0) is 18.0. The third-order valence-electron chi connectivity index (χ3n) is 5.12. The Morgan fingerprint density at radius 2 is 1.96 bits per heavy atom. The van der Waals surface area contributed by atoms with Crippen molar-refractivity contribution in [2.24, 2.45) is 5.41 Å². The summed E-state index contributed by atoms with van der Waals surface area (Å²) >= 11 is 0. The number of amides is 2. The molecule has 132 valence electrons. The fourth-order valence-electron chi connectivity index (χ4n) is 3.80. The lowest BCUT2D eigenvalue weighted by molar-refractivity contribution is -0.145. The largest absolute Gasteiger partial charge is 0.497 e. The minimum Gasteiger partial charge on any atom is -0.497 e. The summed E-state index contributed by atoms with van der Waals surface area (Å²) in [6.07, 6.45) is 1.89. The molecule has 1 aromatic carbocycles. The van der Waals surface area contributed by atoms with Crippen LogP contribution in [0.25, 0.3) is 0 Å². The van der Waals surface area contributed by atoms with Crippen LogP contribution in [0, 0.1) is 5.41 Å². The van der Waals surface area contributed by atoms with Crippen LogP contribution in [0.1, 0.15) is 38.7 Å². The standard InChI is InChI=1S/C19H28N2O3/c1-18(2)13-16(22)20-17(23)19(18,10-7-11-21(3)4)14-8-6-9-15(12-14)24-5/h6,8-9,12H,7,10-11,13H2,1-5H3,(H,20,22,23)/t19-/m0/s1. The Morgan fingerprint density at radius 3 is 2.54 bits per heavy atom. The first-order valence-electron chi connectivity index (χ1n) is 8.36. The van der Waals surface area contributed by atoms with Gasteiger partial charge in [-0.05, 0) is 56.6 Å². The van der Waals surface area contributed by atoms with Gasteiger partial charge in [-0.25, -0.2) is 0 Å². The molecule has 5 heteroatoms. The highest BCUT2D eigenvalue weighted by atomic mass is 16.5. The zero-order valence-corrected chi connectivity index (χ0v) is 15.3. The molecular formula is C19H28N2O3. The number of carbonyl (C=O) groups excluding carboxylic acids is 2. The second-order valence-corrected chi connectivity index (χ2v) is 7.48. The van der Waals surface area contributed by atoms with E-state index >= 15 is 0 Å². The van der Waals surface area contributed by atoms with Crippen LogP contribution in [0.15, 0.2) is 24.3 Å². The predicted octanol–water partition coefficient (Wildman–Crippen LogP) is 2.35. The fraction of sp³-hybridized carbons (Fsp3) is 0.579. The van der Waals surface area contributed by atoms with Crippen LogP contribution in [-0.2, 0) is 15.0 Å². The maximum absolute atomic E-state index is 13.0. The van der Waals surface area contributed by atoms with Gasteiger partial charge in [0.1, 0.15) is 5.75 Å². The average molecular weight is 332 g/mol. The molecular weight excluding hydrogens is 304 g/mol. The van der Waals surface area contributed by atoms with Gasteiger partial charge in [-0.3, -0.25) is 14.9 Å². The van der Waals surface area contributed by atoms with E-state index in [0.717, 1.165) is 24.3 Å². The van der Waals surface area contributed by atoms with Crippen LogP contribution in [0.5, 0.6) is 5.75 Å². The van der Waals surface area contributed by atoms with Gasteiger partial charge >= 0.3 is 0 Å². The number of hydrogen-bond acceptors (Lipinski definition) is 4. The highest BCUT2D eigenvalue weighted by Gasteiger charge is 2.55. The SMILES string of the molecule is COc1cccc([C@@]2(CCCN(C)C)C(=O)NC(=O)CC2(C)C)c1. The van der Waals surface area contributed by atoms with E-state index in [9.17, 15) is 9.59 Å². The third kappa shape index (κ3) is 3.31. The smallest absolute Gasteiger partial charge is 0.237 e. The number of hydrogen-bond donors (Lipinski definition) is 1. The Labute approximate surface area is 144 Å². The zero-order valence-electron chi connectivity index (χ0n) is 15.3. The summed E-state index contributed by atoms with van der Waals surface area (Å²) in [6, 6.07) is 7.67. The number of carbonyl (C=O) groups is 2. The van der Waals surface area contributed by atoms with Crippen LogP contribution >= 0.6 is 0 Å². The summed E-state index contributed by atoms with van der Waals surface area (Å²) in [5, 5.41) is 2.57. The van der Waals surface area contributed by atoms with Crippen molar-refractivity contribution in [3.8, 4) is 5.75 Å². The van der Waals surface area contributed by atoms with Crippen molar-refractivity contribution in [3.63, 3.8) is 0 Å². The van der Waals surface area contributed by atoms with E-state index in [1.54, 1.807) is 7.11 Å². The van der Waals surface area contributed by atoms with Crippen molar-refractivity contribution in [1.82, 2.24) is 10.2 Å². The van der Waals surface area contributed by atoms with Gasteiger partial charge in [-0.1, -0.05) is 26.0 Å². The lowest BCUT2D eigenvalue weighted by atomic mass is 9.56. The number of methoxy groups -OCH3 is 1. The number of nitrogens with zero attached hydrogens (tertiary/aromatic N) is 1. The summed E-state index contributed by atoms with van der Waals surface area (Å²) in [6.45, 7) is 4.92. The summed E-state index contributed by atoms with van der Waals surface area (Å²) in [5.41, 5.74) is -0.299. The van der Waals surface area contributed by atoms with Crippen molar-refractivity contribution < 1.29 is 14.3 Å². The molecule has 1 heterocycles. The van der Waals surface area contributed by atoms with E-state index in [2.05, 4.69) is 10.2 Å². The van der Waals surface area contributed by atoms with Crippen LogP contribution in [0.3, 0.4) is 0 Å². The van der Waals surface area contributed by atoms with Crippen LogP contribution in [0.2, 0.25) is 0 Å². The lowest BCUT2D eigenvalue weighted by Gasteiger charge is -2.48. The highest BCUT2D eigenvalue weighted by Crippen LogP contribution is 2.50. The molecule has 0 aliphatic carbocycles. The van der Waals surface area contributed by atoms with Crippen molar-refractivity contribution >= 4 is 11.8 Å². The molecule has 1 atom stereocenters. The first-order chi connectivity index (χ1) is 11.2. The summed E-state index contributed by atoms with van der Waals surface area (Å²) in [4.78, 5) is 27.1. The molecule has 0 bridgehead atoms. The molecule has 1 aliphatic rings. The van der Waals surface area contributed by atoms with Gasteiger partial charge in [0, 0.05) is 6.42 Å². The Morgan fingerprint density at radius 1 is 1.25 bits per heavy atom. The topological polar surface area (TPSA) is 58.6 Å². The number of ether oxygens (including phenoxy) is 1. The van der Waals surface area contributed by atoms with Crippen LogP contribution in [-0.4, -0.2) is 44.5 Å². The molecule has 1 saturated heterocycles. The van der Waals surface area contributed by atoms with E-state index in [-0.39, 0.29) is 11.8 Å². The van der Waals surface area contributed by atoms with Crippen molar-refractivity contribution in [3.05, 3.63) is 29.8 Å². The number of benzene rings is 1. The van der Waals surface area contributed by atoms with Crippen LogP contribution in [0.4, 0.5) is 0 Å². The summed E-state index contributed by atoms with van der Waals surface area (Å²) in [5.74, 6) is 0.326. The number of imide groups is 1. The van der Waals surface area contributed by atoms with Crippen molar-refractivity contribution in [2.75, 3.05) is 27.7 Å². The first kappa shape index (κ1) is 18.5. The maximum atomic E-state index is 13.0. The monoisotopic (exact) mass is 332 g/mol. The fourth-order valence-corrected chi connectivity index (χ4v) is 3.80. The Bertz CT molecular complexity index is 625. The first-order valence-corrected chi connectivity index (χ1v) is 8.36. The highest BCUT2D eigenvalue weighted by molar-refractivity contribution is 6.04. The number of rotatable bonds is 6. The second-order valence-electron chi connectivity index (χ2n) is 7.48. The van der Waals surface area contributed by atoms with Gasteiger partial charge < -0.3 is 9.64 Å². The molecule has 2 rings (SSSR count). The van der Waals surface area contributed by atoms with Crippen LogP contribution < -0.4 is 10.1 Å². The van der Waals surface area contributed by atoms with Gasteiger partial charge in [0.05, 0.1) is 12.5 Å². The van der Waals surface area contributed by atoms with E-state index in [1.165, 1.54) is 0 Å². The molecule has 0 saturated carbocycles. The molecule has 1 N–H and O–H groups in total. The van der Waals surface area contributed by atoms with E-state index in [4.69, 9.17) is 4.74 Å². The predicted molar refractivity (Wildman–Crippen MR) is 94.0 cm³/mol. The molecule has 0 aromatic heterocycles. The average Bonchev–Trinajstić information content (AvgIpc) is 2.49. The Hall–Kier alpha value is -1.88. The van der Waals surface area contributed by atoms with Crippen molar-refractivity contribution in [2.45, 2.75) is 38.5 Å². The number of piperidine rings is 1. The van der Waals surface area contributed by atoms with Gasteiger partial charge in [0.2, 0.25) is 11.8 Å². The van der Waals surface area contributed by atoms with Gasteiger partial charge in [0.25, 0.3) is 0 Å². The molecule has 1 aromatic rings. The van der Waals surface area contributed by atoms with E-state index in [1.807, 2.05) is 52.2 Å². The van der Waals surface area contributed by atoms with E-state index < -0.39 is 10.8 Å². The van der Waals surface area contributed by atoms with Gasteiger partial charge in [-0.15, -0.1) is 0 Å². The molecule has 0 unspecified atom stereocenters.